The molecule has 12 heavy (non-hydrogen) atoms. The Morgan fingerprint density at radius 2 is 1.33 bits per heavy atom. The first-order valence-electron chi connectivity index (χ1n) is 3.73. The van der Waals surface area contributed by atoms with Gasteiger partial charge in [-0.25, -0.2) is 0 Å². The van der Waals surface area contributed by atoms with E-state index in [9.17, 15) is 4.79 Å². The van der Waals surface area contributed by atoms with Gasteiger partial charge >= 0.3 is 0 Å². The molecule has 0 spiro atoms. The van der Waals surface area contributed by atoms with Crippen molar-refractivity contribution in [2.24, 2.45) is 0 Å². The number of carbonyl (C=O) groups excluding carboxylic acids is 1. The molecule has 0 fully saturated rings. The Morgan fingerprint density at radius 1 is 1.17 bits per heavy atom. The van der Waals surface area contributed by atoms with Crippen LogP contribution < -0.4 is 0 Å². The standard InChI is InChI=1S/C4H10O.C3H6O.CH2Cl2/c1-3-5-4-2;1-3(2)4;2-1-3/h3-4H2,1-2H3;1-2H3;1H2. The minimum Gasteiger partial charge on any atom is -0.382 e. The summed E-state index contributed by atoms with van der Waals surface area (Å²) in [4.78, 5) is 9.44. The van der Waals surface area contributed by atoms with Crippen molar-refractivity contribution in [3.05, 3.63) is 0 Å². The number of hydrogen-bond donors (Lipinski definition) is 0. The fourth-order valence-electron chi connectivity index (χ4n) is 0.204. The molecule has 0 aromatic heterocycles. The molecular weight excluding hydrogens is 199 g/mol. The Bertz CT molecular complexity index is 71.5. The normalized spacial score (nSPS) is 7.17. The average Bonchev–Trinajstić information content (AvgIpc) is 1.89. The summed E-state index contributed by atoms with van der Waals surface area (Å²) >= 11 is 9.53. The summed E-state index contributed by atoms with van der Waals surface area (Å²) in [6, 6.07) is 0. The molecule has 0 rings (SSSR count). The molecule has 76 valence electrons. The van der Waals surface area contributed by atoms with Gasteiger partial charge in [-0.1, -0.05) is 0 Å². The third-order valence-electron chi connectivity index (χ3n) is 0.408. The summed E-state index contributed by atoms with van der Waals surface area (Å²) in [7, 11) is 0. The third-order valence-corrected chi connectivity index (χ3v) is 0.408. The van der Waals surface area contributed by atoms with Gasteiger partial charge in [0.05, 0.1) is 5.34 Å². The maximum Gasteiger partial charge on any atom is 0.126 e. The lowest BCUT2D eigenvalue weighted by molar-refractivity contribution is -0.114. The highest BCUT2D eigenvalue weighted by atomic mass is 35.5. The first-order valence-corrected chi connectivity index (χ1v) is 4.80. The van der Waals surface area contributed by atoms with Gasteiger partial charge < -0.3 is 9.53 Å². The Hall–Kier alpha value is 0.210. The van der Waals surface area contributed by atoms with E-state index in [1.165, 1.54) is 13.8 Å². The van der Waals surface area contributed by atoms with Gasteiger partial charge in [-0.2, -0.15) is 0 Å². The zero-order valence-corrected chi connectivity index (χ0v) is 9.71. The van der Waals surface area contributed by atoms with E-state index in [0.717, 1.165) is 13.2 Å². The molecule has 0 atom stereocenters. The zero-order valence-electron chi connectivity index (χ0n) is 8.19. The van der Waals surface area contributed by atoms with Crippen LogP contribution in [0.4, 0.5) is 0 Å². The number of carbonyl (C=O) groups is 1. The second kappa shape index (κ2) is 22.5. The number of hydrogen-bond acceptors (Lipinski definition) is 2. The van der Waals surface area contributed by atoms with Gasteiger partial charge in [-0.15, -0.1) is 23.2 Å². The molecule has 0 unspecified atom stereocenters. The lowest BCUT2D eigenvalue weighted by atomic mass is 10.6. The SMILES string of the molecule is CC(C)=O.CCOCC.ClCCl. The molecule has 0 radical (unpaired) electrons. The topological polar surface area (TPSA) is 26.3 Å². The van der Waals surface area contributed by atoms with Crippen LogP contribution in [0.2, 0.25) is 0 Å². The Balaban J connectivity index is -0.000000105. The number of ether oxygens (including phenoxy) is 1. The Kier molecular flexibility index (Phi) is 33.9. The molecule has 0 aliphatic heterocycles. The largest absolute Gasteiger partial charge is 0.382 e. The summed E-state index contributed by atoms with van der Waals surface area (Å²) in [5.74, 6) is 0.167. The highest BCUT2D eigenvalue weighted by molar-refractivity contribution is 6.40. The van der Waals surface area contributed by atoms with Crippen LogP contribution in [-0.2, 0) is 9.53 Å². The summed E-state index contributed by atoms with van der Waals surface area (Å²) in [6.07, 6.45) is 0. The van der Waals surface area contributed by atoms with Crippen LogP contribution in [0.25, 0.3) is 0 Å². The number of halogens is 2. The number of Topliss-reactive ketones (excluding diaryl/α,β-unsaturated/α-hetero) is 1. The van der Waals surface area contributed by atoms with Crippen molar-refractivity contribution in [1.82, 2.24) is 0 Å². The Labute approximate surface area is 85.2 Å². The quantitative estimate of drug-likeness (QED) is 0.664. The molecule has 0 heterocycles. The van der Waals surface area contributed by atoms with Crippen molar-refractivity contribution in [2.45, 2.75) is 27.7 Å². The van der Waals surface area contributed by atoms with E-state index >= 15 is 0 Å². The first-order chi connectivity index (χ1) is 5.56. The second-order valence-electron chi connectivity index (χ2n) is 1.79. The molecule has 4 heteroatoms. The number of rotatable bonds is 2. The van der Waals surface area contributed by atoms with Gasteiger partial charge in [0.2, 0.25) is 0 Å². The summed E-state index contributed by atoms with van der Waals surface area (Å²) in [5, 5.41) is 0.194. The van der Waals surface area contributed by atoms with Crippen LogP contribution in [0, 0.1) is 0 Å². The van der Waals surface area contributed by atoms with Gasteiger partial charge in [-0.05, 0) is 27.7 Å². The molecule has 0 saturated heterocycles. The van der Waals surface area contributed by atoms with Crippen molar-refractivity contribution in [3.63, 3.8) is 0 Å². The third kappa shape index (κ3) is 177. The second-order valence-corrected chi connectivity index (χ2v) is 2.60. The summed E-state index contributed by atoms with van der Waals surface area (Å²) in [5.41, 5.74) is 0. The molecule has 0 aromatic carbocycles. The smallest absolute Gasteiger partial charge is 0.126 e. The van der Waals surface area contributed by atoms with E-state index < -0.39 is 0 Å². The van der Waals surface area contributed by atoms with E-state index in [1.54, 1.807) is 0 Å². The molecule has 0 amide bonds. The van der Waals surface area contributed by atoms with Crippen LogP contribution in [0.1, 0.15) is 27.7 Å². The van der Waals surface area contributed by atoms with Gasteiger partial charge in [-0.3, -0.25) is 0 Å². The fourth-order valence-corrected chi connectivity index (χ4v) is 0.204. The van der Waals surface area contributed by atoms with E-state index in [1.807, 2.05) is 13.8 Å². The molecule has 0 N–H and O–H groups in total. The summed E-state index contributed by atoms with van der Waals surface area (Å²) < 4.78 is 4.83. The van der Waals surface area contributed by atoms with E-state index in [2.05, 4.69) is 0 Å². The van der Waals surface area contributed by atoms with Crippen molar-refractivity contribution < 1.29 is 9.53 Å². The lowest BCUT2D eigenvalue weighted by Crippen LogP contribution is -1.84. The van der Waals surface area contributed by atoms with E-state index in [4.69, 9.17) is 27.9 Å². The van der Waals surface area contributed by atoms with Gasteiger partial charge in [0.15, 0.2) is 0 Å². The monoisotopic (exact) mass is 216 g/mol. The zero-order chi connectivity index (χ0) is 10.4. The van der Waals surface area contributed by atoms with Crippen LogP contribution in [-0.4, -0.2) is 24.3 Å². The van der Waals surface area contributed by atoms with Crippen LogP contribution in [0.15, 0.2) is 0 Å². The van der Waals surface area contributed by atoms with Crippen molar-refractivity contribution >= 4 is 29.0 Å². The molecule has 2 nitrogen and oxygen atoms in total. The minimum absolute atomic E-state index is 0.167. The minimum atomic E-state index is 0.167. The van der Waals surface area contributed by atoms with Crippen molar-refractivity contribution in [1.29, 1.82) is 0 Å². The molecule has 0 aliphatic carbocycles. The molecule has 0 saturated carbocycles. The highest BCUT2D eigenvalue weighted by Gasteiger charge is 1.64. The van der Waals surface area contributed by atoms with E-state index in [0.29, 0.717) is 0 Å². The van der Waals surface area contributed by atoms with E-state index in [-0.39, 0.29) is 11.1 Å². The maximum atomic E-state index is 9.44. The van der Waals surface area contributed by atoms with Crippen molar-refractivity contribution in [2.75, 3.05) is 18.6 Å². The first kappa shape index (κ1) is 18.1. The van der Waals surface area contributed by atoms with Gasteiger partial charge in [0.1, 0.15) is 5.78 Å². The molecule has 0 aliphatic rings. The van der Waals surface area contributed by atoms with Crippen LogP contribution in [0.5, 0.6) is 0 Å². The molecule has 0 aromatic rings. The van der Waals surface area contributed by atoms with Gasteiger partial charge in [0, 0.05) is 13.2 Å². The number of ketones is 1. The predicted octanol–water partition coefficient (Wildman–Crippen LogP) is 3.06. The Morgan fingerprint density at radius 3 is 1.33 bits per heavy atom. The summed E-state index contributed by atoms with van der Waals surface area (Å²) in [6.45, 7) is 8.72. The van der Waals surface area contributed by atoms with Crippen LogP contribution >= 0.6 is 23.2 Å². The van der Waals surface area contributed by atoms with Gasteiger partial charge in [0.25, 0.3) is 0 Å². The average molecular weight is 217 g/mol. The number of alkyl halides is 2. The fraction of sp³-hybridized carbons (Fsp3) is 0.875. The lowest BCUT2D eigenvalue weighted by Gasteiger charge is -1.86. The highest BCUT2D eigenvalue weighted by Crippen LogP contribution is 1.73. The molecular formula is C8H18Cl2O2. The van der Waals surface area contributed by atoms with Crippen molar-refractivity contribution in [3.8, 4) is 0 Å². The predicted molar refractivity (Wildman–Crippen MR) is 55.1 cm³/mol. The van der Waals surface area contributed by atoms with Crippen LogP contribution in [0.3, 0.4) is 0 Å². The molecule has 0 bridgehead atoms. The maximum absolute atomic E-state index is 9.44.